The Hall–Kier alpha value is -2.40. The molecule has 25 heavy (non-hydrogen) atoms. The van der Waals surface area contributed by atoms with E-state index >= 15 is 0 Å². The number of ether oxygens (including phenoxy) is 1. The minimum Gasteiger partial charge on any atom is -0.376 e. The van der Waals surface area contributed by atoms with E-state index in [1.165, 1.54) is 11.1 Å². The van der Waals surface area contributed by atoms with Crippen LogP contribution in [0.15, 0.2) is 53.7 Å². The number of aromatic nitrogens is 1. The molecule has 1 atom stereocenters. The zero-order valence-electron chi connectivity index (χ0n) is 15.3. The molecule has 5 nitrogen and oxygen atoms in total. The van der Waals surface area contributed by atoms with Gasteiger partial charge in [-0.15, -0.1) is 0 Å². The molecule has 0 aliphatic rings. The smallest absolute Gasteiger partial charge is 0.191 e. The number of nitrogens with one attached hydrogen (secondary N) is 2. The van der Waals surface area contributed by atoms with Crippen molar-refractivity contribution in [2.75, 3.05) is 20.2 Å². The number of hydrogen-bond acceptors (Lipinski definition) is 3. The SMILES string of the molecule is CN=C(NCc1ncccc1C)NCC(C)COCc1ccccc1. The Morgan fingerprint density at radius 3 is 2.68 bits per heavy atom. The number of aryl methyl sites for hydroxylation is 1. The summed E-state index contributed by atoms with van der Waals surface area (Å²) in [7, 11) is 1.77. The third kappa shape index (κ3) is 6.93. The van der Waals surface area contributed by atoms with Gasteiger partial charge in [0.05, 0.1) is 25.5 Å². The average Bonchev–Trinajstić information content (AvgIpc) is 2.64. The van der Waals surface area contributed by atoms with E-state index in [4.69, 9.17) is 4.74 Å². The highest BCUT2D eigenvalue weighted by atomic mass is 16.5. The highest BCUT2D eigenvalue weighted by Gasteiger charge is 2.06. The lowest BCUT2D eigenvalue weighted by Gasteiger charge is -2.16. The maximum absolute atomic E-state index is 5.78. The number of guanidine groups is 1. The van der Waals surface area contributed by atoms with Crippen molar-refractivity contribution in [1.29, 1.82) is 0 Å². The van der Waals surface area contributed by atoms with Gasteiger partial charge in [-0.2, -0.15) is 0 Å². The summed E-state index contributed by atoms with van der Waals surface area (Å²) in [6.45, 7) is 7.04. The molecule has 1 aromatic carbocycles. The van der Waals surface area contributed by atoms with Gasteiger partial charge in [0.25, 0.3) is 0 Å². The Labute approximate surface area is 150 Å². The van der Waals surface area contributed by atoms with Gasteiger partial charge in [0.15, 0.2) is 5.96 Å². The highest BCUT2D eigenvalue weighted by Crippen LogP contribution is 2.03. The summed E-state index contributed by atoms with van der Waals surface area (Å²) in [5, 5.41) is 6.64. The van der Waals surface area contributed by atoms with Crippen LogP contribution >= 0.6 is 0 Å². The summed E-state index contributed by atoms with van der Waals surface area (Å²) in [4.78, 5) is 8.64. The van der Waals surface area contributed by atoms with Crippen LogP contribution in [-0.4, -0.2) is 31.1 Å². The quantitative estimate of drug-likeness (QED) is 0.573. The zero-order chi connectivity index (χ0) is 17.9. The summed E-state index contributed by atoms with van der Waals surface area (Å²) < 4.78 is 5.78. The highest BCUT2D eigenvalue weighted by molar-refractivity contribution is 5.79. The second-order valence-corrected chi connectivity index (χ2v) is 6.18. The van der Waals surface area contributed by atoms with Gasteiger partial charge in [-0.25, -0.2) is 0 Å². The number of aliphatic imine (C=N–C) groups is 1. The van der Waals surface area contributed by atoms with E-state index in [0.29, 0.717) is 25.7 Å². The molecule has 0 aliphatic carbocycles. The van der Waals surface area contributed by atoms with Crippen LogP contribution in [0.1, 0.15) is 23.7 Å². The molecule has 0 amide bonds. The summed E-state index contributed by atoms with van der Waals surface area (Å²) in [6, 6.07) is 14.2. The van der Waals surface area contributed by atoms with Crippen molar-refractivity contribution in [3.05, 3.63) is 65.5 Å². The van der Waals surface area contributed by atoms with Gasteiger partial charge in [0, 0.05) is 19.8 Å². The molecule has 0 radical (unpaired) electrons. The molecule has 134 valence electrons. The fourth-order valence-corrected chi connectivity index (χ4v) is 2.37. The van der Waals surface area contributed by atoms with E-state index in [9.17, 15) is 0 Å². The summed E-state index contributed by atoms with van der Waals surface area (Å²) >= 11 is 0. The molecule has 0 saturated carbocycles. The second-order valence-electron chi connectivity index (χ2n) is 6.18. The fraction of sp³-hybridized carbons (Fsp3) is 0.400. The standard InChI is InChI=1S/C20H28N4O/c1-16(14-25-15-18-9-5-4-6-10-18)12-23-20(21-3)24-13-19-17(2)8-7-11-22-19/h4-11,16H,12-15H2,1-3H3,(H2,21,23,24). The van der Waals surface area contributed by atoms with Gasteiger partial charge >= 0.3 is 0 Å². The van der Waals surface area contributed by atoms with Gasteiger partial charge in [0.2, 0.25) is 0 Å². The zero-order valence-corrected chi connectivity index (χ0v) is 15.3. The van der Waals surface area contributed by atoms with E-state index in [1.54, 1.807) is 7.05 Å². The topological polar surface area (TPSA) is 58.5 Å². The molecule has 2 aromatic rings. The molecule has 1 aromatic heterocycles. The molecule has 0 saturated heterocycles. The normalized spacial score (nSPS) is 12.7. The lowest BCUT2D eigenvalue weighted by Crippen LogP contribution is -2.39. The molecule has 5 heteroatoms. The molecule has 1 unspecified atom stereocenters. The maximum atomic E-state index is 5.78. The van der Waals surface area contributed by atoms with Crippen molar-refractivity contribution in [2.24, 2.45) is 10.9 Å². The van der Waals surface area contributed by atoms with Crippen molar-refractivity contribution >= 4 is 5.96 Å². The van der Waals surface area contributed by atoms with Gasteiger partial charge in [-0.1, -0.05) is 43.3 Å². The first kappa shape index (κ1) is 18.9. The third-order valence-electron chi connectivity index (χ3n) is 3.90. The van der Waals surface area contributed by atoms with Crippen molar-refractivity contribution < 1.29 is 4.74 Å². The molecule has 1 heterocycles. The summed E-state index contributed by atoms with van der Waals surface area (Å²) in [5.74, 6) is 1.17. The van der Waals surface area contributed by atoms with Crippen LogP contribution in [0.4, 0.5) is 0 Å². The molecular formula is C20H28N4O. The summed E-state index contributed by atoms with van der Waals surface area (Å²) in [6.07, 6.45) is 1.81. The Morgan fingerprint density at radius 2 is 1.96 bits per heavy atom. The van der Waals surface area contributed by atoms with Crippen molar-refractivity contribution in [2.45, 2.75) is 27.0 Å². The number of nitrogens with zero attached hydrogens (tertiary/aromatic N) is 2. The predicted molar refractivity (Wildman–Crippen MR) is 102 cm³/mol. The van der Waals surface area contributed by atoms with Gasteiger partial charge < -0.3 is 15.4 Å². The molecule has 0 spiro atoms. The second kappa shape index (κ2) is 10.5. The molecular weight excluding hydrogens is 312 g/mol. The van der Waals surface area contributed by atoms with Crippen LogP contribution in [0.3, 0.4) is 0 Å². The molecule has 0 bridgehead atoms. The minimum atomic E-state index is 0.388. The Balaban J connectivity index is 1.66. The molecule has 2 N–H and O–H groups in total. The Bertz CT molecular complexity index is 658. The van der Waals surface area contributed by atoms with Crippen LogP contribution in [0, 0.1) is 12.8 Å². The minimum absolute atomic E-state index is 0.388. The van der Waals surface area contributed by atoms with Gasteiger partial charge in [-0.3, -0.25) is 9.98 Å². The van der Waals surface area contributed by atoms with E-state index < -0.39 is 0 Å². The van der Waals surface area contributed by atoms with Crippen LogP contribution in [0.2, 0.25) is 0 Å². The van der Waals surface area contributed by atoms with Crippen LogP contribution in [0.25, 0.3) is 0 Å². The van der Waals surface area contributed by atoms with E-state index in [-0.39, 0.29) is 0 Å². The third-order valence-corrected chi connectivity index (χ3v) is 3.90. The van der Waals surface area contributed by atoms with Gasteiger partial charge in [-0.05, 0) is 30.0 Å². The van der Waals surface area contributed by atoms with E-state index in [0.717, 1.165) is 18.2 Å². The molecule has 0 fully saturated rings. The Kier molecular flexibility index (Phi) is 7.92. The first-order valence-corrected chi connectivity index (χ1v) is 8.65. The fourth-order valence-electron chi connectivity index (χ4n) is 2.37. The largest absolute Gasteiger partial charge is 0.376 e. The predicted octanol–water partition coefficient (Wildman–Crippen LogP) is 2.91. The first-order chi connectivity index (χ1) is 12.2. The first-order valence-electron chi connectivity index (χ1n) is 8.65. The van der Waals surface area contributed by atoms with Gasteiger partial charge in [0.1, 0.15) is 0 Å². The van der Waals surface area contributed by atoms with Crippen molar-refractivity contribution in [3.63, 3.8) is 0 Å². The number of benzene rings is 1. The molecule has 2 rings (SSSR count). The molecule has 0 aliphatic heterocycles. The lowest BCUT2D eigenvalue weighted by molar-refractivity contribution is 0.0931. The number of pyridine rings is 1. The lowest BCUT2D eigenvalue weighted by atomic mass is 10.2. The maximum Gasteiger partial charge on any atom is 0.191 e. The van der Waals surface area contributed by atoms with Crippen LogP contribution in [-0.2, 0) is 17.9 Å². The van der Waals surface area contributed by atoms with Crippen LogP contribution in [0.5, 0.6) is 0 Å². The monoisotopic (exact) mass is 340 g/mol. The van der Waals surface area contributed by atoms with Crippen LogP contribution < -0.4 is 10.6 Å². The van der Waals surface area contributed by atoms with E-state index in [1.807, 2.05) is 30.5 Å². The van der Waals surface area contributed by atoms with E-state index in [2.05, 4.69) is 52.7 Å². The Morgan fingerprint density at radius 1 is 1.16 bits per heavy atom. The van der Waals surface area contributed by atoms with Crippen molar-refractivity contribution in [1.82, 2.24) is 15.6 Å². The number of rotatable bonds is 8. The number of hydrogen-bond donors (Lipinski definition) is 2. The summed E-state index contributed by atoms with van der Waals surface area (Å²) in [5.41, 5.74) is 3.41. The average molecular weight is 340 g/mol. The van der Waals surface area contributed by atoms with Crippen molar-refractivity contribution in [3.8, 4) is 0 Å².